The van der Waals surface area contributed by atoms with Crippen molar-refractivity contribution in [3.05, 3.63) is 81.5 Å². The number of urea groups is 1. The summed E-state index contributed by atoms with van der Waals surface area (Å²) < 4.78 is 0. The average Bonchev–Trinajstić information content (AvgIpc) is 3.26. The van der Waals surface area contributed by atoms with E-state index in [1.54, 1.807) is 11.8 Å². The fourth-order valence-electron chi connectivity index (χ4n) is 2.95. The number of imide groups is 1. The number of hydrogen-bond acceptors (Lipinski definition) is 4. The molecule has 0 aliphatic carbocycles. The van der Waals surface area contributed by atoms with E-state index in [4.69, 9.17) is 0 Å². The molecule has 2 aromatic carbocycles. The minimum absolute atomic E-state index is 0.300. The Kier molecular flexibility index (Phi) is 5.32. The molecule has 1 fully saturated rings. The average molecular weight is 407 g/mol. The molecule has 4 rings (SSSR count). The van der Waals surface area contributed by atoms with Crippen molar-refractivity contribution in [1.29, 1.82) is 0 Å². The van der Waals surface area contributed by atoms with Gasteiger partial charge in [0.2, 0.25) is 0 Å². The summed E-state index contributed by atoms with van der Waals surface area (Å²) in [6.07, 6.45) is 4.20. The van der Waals surface area contributed by atoms with Crippen molar-refractivity contribution in [2.75, 3.05) is 0 Å². The maximum Gasteiger partial charge on any atom is 0.322 e. The van der Waals surface area contributed by atoms with Crippen LogP contribution in [0.25, 0.3) is 12.2 Å². The lowest BCUT2D eigenvalue weighted by Crippen LogP contribution is -2.22. The normalized spacial score (nSPS) is 16.4. The molecule has 1 unspecified atom stereocenters. The molecule has 0 bridgehead atoms. The summed E-state index contributed by atoms with van der Waals surface area (Å²) in [6, 6.07) is 17.6. The Morgan fingerprint density at radius 3 is 2.50 bits per heavy atom. The maximum absolute atomic E-state index is 11.9. The number of benzene rings is 2. The van der Waals surface area contributed by atoms with Gasteiger partial charge in [0.25, 0.3) is 5.91 Å². The van der Waals surface area contributed by atoms with E-state index in [-0.39, 0.29) is 5.91 Å². The summed E-state index contributed by atoms with van der Waals surface area (Å²) in [5.74, 6) is -0.300. The van der Waals surface area contributed by atoms with Gasteiger partial charge >= 0.3 is 6.03 Å². The molecule has 0 saturated carbocycles. The molecule has 1 aliphatic rings. The Morgan fingerprint density at radius 1 is 1.00 bits per heavy atom. The summed E-state index contributed by atoms with van der Waals surface area (Å²) in [5.41, 5.74) is 3.55. The number of carbonyl (C=O) groups is 2. The van der Waals surface area contributed by atoms with Crippen LogP contribution in [0.5, 0.6) is 0 Å². The van der Waals surface area contributed by atoms with Crippen molar-refractivity contribution < 1.29 is 9.59 Å². The van der Waals surface area contributed by atoms with Crippen molar-refractivity contribution in [2.45, 2.75) is 22.8 Å². The molecular weight excluding hydrogens is 388 g/mol. The molecule has 1 atom stereocenters. The van der Waals surface area contributed by atoms with Crippen LogP contribution in [0.4, 0.5) is 4.79 Å². The van der Waals surface area contributed by atoms with Crippen LogP contribution in [0.15, 0.2) is 69.8 Å². The van der Waals surface area contributed by atoms with E-state index in [2.05, 4.69) is 78.2 Å². The summed E-state index contributed by atoms with van der Waals surface area (Å²) in [4.78, 5) is 26.3. The van der Waals surface area contributed by atoms with Crippen LogP contribution in [0.2, 0.25) is 0 Å². The molecular formula is C22H18N2O2S2. The Bertz CT molecular complexity index is 1050. The van der Waals surface area contributed by atoms with Gasteiger partial charge in [0.15, 0.2) is 0 Å². The standard InChI is InChI=1S/C22H18N2O2S2/c1-14-3-2-4-16(13-14)6-5-15-7-9-17(10-8-15)28-18-11-12-27-20(18)19-21(25)24-22(26)23-19/h2-13,19H,1H3,(H2,23,24,25,26)/b6-5+. The fraction of sp³-hybridized carbons (Fsp3) is 0.0909. The quantitative estimate of drug-likeness (QED) is 0.449. The van der Waals surface area contributed by atoms with E-state index >= 15 is 0 Å². The zero-order chi connectivity index (χ0) is 19.5. The van der Waals surface area contributed by atoms with Gasteiger partial charge in [0.1, 0.15) is 6.04 Å². The smallest absolute Gasteiger partial charge is 0.321 e. The molecule has 0 radical (unpaired) electrons. The van der Waals surface area contributed by atoms with Crippen LogP contribution < -0.4 is 10.6 Å². The van der Waals surface area contributed by atoms with Gasteiger partial charge in [-0.1, -0.05) is 65.9 Å². The topological polar surface area (TPSA) is 58.2 Å². The van der Waals surface area contributed by atoms with Crippen LogP contribution in [0.1, 0.15) is 27.6 Å². The molecule has 4 nitrogen and oxygen atoms in total. The molecule has 28 heavy (non-hydrogen) atoms. The monoisotopic (exact) mass is 406 g/mol. The Balaban J connectivity index is 1.46. The largest absolute Gasteiger partial charge is 0.322 e. The number of thiophene rings is 1. The predicted octanol–water partition coefficient (Wildman–Crippen LogP) is 5.26. The fourth-order valence-corrected chi connectivity index (χ4v) is 5.02. The first kappa shape index (κ1) is 18.5. The van der Waals surface area contributed by atoms with Crippen LogP contribution in [0, 0.1) is 6.92 Å². The van der Waals surface area contributed by atoms with E-state index < -0.39 is 12.1 Å². The first-order chi connectivity index (χ1) is 13.6. The van der Waals surface area contributed by atoms with Crippen molar-refractivity contribution in [2.24, 2.45) is 0 Å². The first-order valence-corrected chi connectivity index (χ1v) is 10.5. The number of nitrogens with one attached hydrogen (secondary N) is 2. The maximum atomic E-state index is 11.9. The van der Waals surface area contributed by atoms with E-state index in [1.165, 1.54) is 22.5 Å². The van der Waals surface area contributed by atoms with Gasteiger partial charge in [-0.3, -0.25) is 10.1 Å². The zero-order valence-corrected chi connectivity index (χ0v) is 16.8. The molecule has 1 aliphatic heterocycles. The molecule has 3 amide bonds. The minimum atomic E-state index is -0.605. The number of hydrogen-bond donors (Lipinski definition) is 2. The molecule has 6 heteroatoms. The first-order valence-electron chi connectivity index (χ1n) is 8.80. The third-order valence-corrected chi connectivity index (χ3v) is 6.51. The van der Waals surface area contributed by atoms with Gasteiger partial charge in [-0.05, 0) is 41.6 Å². The highest BCUT2D eigenvalue weighted by Crippen LogP contribution is 2.37. The molecule has 2 N–H and O–H groups in total. The number of carbonyl (C=O) groups excluding carboxylic acids is 2. The summed E-state index contributed by atoms with van der Waals surface area (Å²) in [6.45, 7) is 2.09. The van der Waals surface area contributed by atoms with Crippen LogP contribution >= 0.6 is 23.1 Å². The second-order valence-electron chi connectivity index (χ2n) is 6.46. The lowest BCUT2D eigenvalue weighted by Gasteiger charge is -2.08. The van der Waals surface area contributed by atoms with Gasteiger partial charge in [0.05, 0.1) is 4.88 Å². The highest BCUT2D eigenvalue weighted by Gasteiger charge is 2.33. The Hall–Kier alpha value is -2.83. The lowest BCUT2D eigenvalue weighted by molar-refractivity contribution is -0.120. The van der Waals surface area contributed by atoms with Crippen LogP contribution in [-0.2, 0) is 4.79 Å². The molecule has 1 aromatic heterocycles. The second kappa shape index (κ2) is 8.04. The third-order valence-electron chi connectivity index (χ3n) is 4.31. The summed E-state index contributed by atoms with van der Waals surface area (Å²) in [5, 5.41) is 6.89. The lowest BCUT2D eigenvalue weighted by atomic mass is 10.1. The van der Waals surface area contributed by atoms with Gasteiger partial charge in [-0.25, -0.2) is 4.79 Å². The SMILES string of the molecule is Cc1cccc(/C=C/c2ccc(Sc3ccsc3C3NC(=O)NC3=O)cc2)c1. The Morgan fingerprint density at radius 2 is 1.79 bits per heavy atom. The molecule has 140 valence electrons. The van der Waals surface area contributed by atoms with E-state index in [9.17, 15) is 9.59 Å². The van der Waals surface area contributed by atoms with Crippen LogP contribution in [0.3, 0.4) is 0 Å². The van der Waals surface area contributed by atoms with E-state index in [0.29, 0.717) is 0 Å². The third kappa shape index (κ3) is 4.18. The van der Waals surface area contributed by atoms with Crippen molar-refractivity contribution in [3.8, 4) is 0 Å². The van der Waals surface area contributed by atoms with E-state index in [1.807, 2.05) is 11.4 Å². The summed E-state index contributed by atoms with van der Waals surface area (Å²) in [7, 11) is 0. The molecule has 3 aromatic rings. The molecule has 1 saturated heterocycles. The van der Waals surface area contributed by atoms with Gasteiger partial charge in [-0.15, -0.1) is 11.3 Å². The highest BCUT2D eigenvalue weighted by molar-refractivity contribution is 7.99. The minimum Gasteiger partial charge on any atom is -0.321 e. The van der Waals surface area contributed by atoms with Crippen LogP contribution in [-0.4, -0.2) is 11.9 Å². The summed E-state index contributed by atoms with van der Waals surface area (Å²) >= 11 is 3.07. The number of amides is 3. The van der Waals surface area contributed by atoms with Gasteiger partial charge in [-0.2, -0.15) is 0 Å². The number of aryl methyl sites for hydroxylation is 1. The van der Waals surface area contributed by atoms with Crippen molar-refractivity contribution in [1.82, 2.24) is 10.6 Å². The van der Waals surface area contributed by atoms with Crippen molar-refractivity contribution >= 4 is 47.2 Å². The van der Waals surface area contributed by atoms with E-state index in [0.717, 1.165) is 20.2 Å². The van der Waals surface area contributed by atoms with Gasteiger partial charge < -0.3 is 5.32 Å². The second-order valence-corrected chi connectivity index (χ2v) is 8.53. The highest BCUT2D eigenvalue weighted by atomic mass is 32.2. The predicted molar refractivity (Wildman–Crippen MR) is 114 cm³/mol. The molecule has 2 heterocycles. The van der Waals surface area contributed by atoms with Gasteiger partial charge in [0, 0.05) is 9.79 Å². The number of rotatable bonds is 5. The molecule has 0 spiro atoms. The van der Waals surface area contributed by atoms with Crippen molar-refractivity contribution in [3.63, 3.8) is 0 Å². The Labute approximate surface area is 171 Å². The zero-order valence-electron chi connectivity index (χ0n) is 15.1.